The number of benzene rings is 3. The second-order valence-electron chi connectivity index (χ2n) is 8.15. The lowest BCUT2D eigenvalue weighted by atomic mass is 10.1. The zero-order chi connectivity index (χ0) is 21.2. The number of amides is 1. The molecule has 5 rings (SSSR count). The highest BCUT2D eigenvalue weighted by molar-refractivity contribution is 5.99. The van der Waals surface area contributed by atoms with Crippen molar-refractivity contribution in [2.24, 2.45) is 0 Å². The van der Waals surface area contributed by atoms with Crippen LogP contribution in [0.4, 0.5) is 5.69 Å². The normalized spacial score (nSPS) is 20.5. The lowest BCUT2D eigenvalue weighted by molar-refractivity contribution is -0.123. The van der Waals surface area contributed by atoms with Crippen LogP contribution in [-0.4, -0.2) is 36.6 Å². The van der Waals surface area contributed by atoms with E-state index in [9.17, 15) is 4.79 Å². The first kappa shape index (κ1) is 19.6. The zero-order valence-corrected chi connectivity index (χ0v) is 17.6. The van der Waals surface area contributed by atoms with Gasteiger partial charge in [0.05, 0.1) is 25.4 Å². The van der Waals surface area contributed by atoms with Crippen LogP contribution in [-0.2, 0) is 17.9 Å². The van der Waals surface area contributed by atoms with Crippen LogP contribution in [0.1, 0.15) is 17.5 Å². The van der Waals surface area contributed by atoms with E-state index in [4.69, 9.17) is 9.47 Å². The number of para-hydroxylation sites is 2. The van der Waals surface area contributed by atoms with Crippen LogP contribution < -0.4 is 14.4 Å². The molecule has 3 aromatic carbocycles. The highest BCUT2D eigenvalue weighted by Crippen LogP contribution is 2.37. The molecule has 0 aliphatic carbocycles. The summed E-state index contributed by atoms with van der Waals surface area (Å²) in [6.45, 7) is 1.96. The minimum absolute atomic E-state index is 0.00669. The summed E-state index contributed by atoms with van der Waals surface area (Å²) in [7, 11) is 1.67. The standard InChI is InChI=1S/C26H26N2O3/c1-30-21-13-11-20(12-14-21)16-27-18-22-15-24(27)26(29)28(17-19-7-3-2-4-8-19)23-9-5-6-10-25(23)31-22/h2-14,22,24H,15-18H2,1H3/t22-,24-/m0/s1. The smallest absolute Gasteiger partial charge is 0.244 e. The maximum absolute atomic E-state index is 13.8. The third-order valence-electron chi connectivity index (χ3n) is 6.09. The largest absolute Gasteiger partial charge is 0.497 e. The first-order chi connectivity index (χ1) is 15.2. The summed E-state index contributed by atoms with van der Waals surface area (Å²) >= 11 is 0. The van der Waals surface area contributed by atoms with E-state index in [0.717, 1.165) is 34.9 Å². The van der Waals surface area contributed by atoms with Gasteiger partial charge in [-0.15, -0.1) is 0 Å². The summed E-state index contributed by atoms with van der Waals surface area (Å²) in [6.07, 6.45) is 0.710. The Balaban J connectivity index is 1.45. The van der Waals surface area contributed by atoms with Crippen LogP contribution in [0.5, 0.6) is 11.5 Å². The van der Waals surface area contributed by atoms with E-state index < -0.39 is 0 Å². The fourth-order valence-corrected chi connectivity index (χ4v) is 4.53. The van der Waals surface area contributed by atoms with Gasteiger partial charge < -0.3 is 14.4 Å². The number of methoxy groups -OCH3 is 1. The Labute approximate surface area is 182 Å². The van der Waals surface area contributed by atoms with Crippen molar-refractivity contribution >= 4 is 11.6 Å². The molecule has 2 heterocycles. The number of hydrogen-bond acceptors (Lipinski definition) is 4. The summed E-state index contributed by atoms with van der Waals surface area (Å²) in [5.74, 6) is 1.75. The van der Waals surface area contributed by atoms with E-state index in [0.29, 0.717) is 19.5 Å². The van der Waals surface area contributed by atoms with Crippen molar-refractivity contribution in [3.8, 4) is 11.5 Å². The Morgan fingerprint density at radius 2 is 1.61 bits per heavy atom. The van der Waals surface area contributed by atoms with Crippen LogP contribution in [0, 0.1) is 0 Å². The second kappa shape index (κ2) is 8.44. The van der Waals surface area contributed by atoms with Crippen LogP contribution in [0.2, 0.25) is 0 Å². The Morgan fingerprint density at radius 1 is 0.903 bits per heavy atom. The monoisotopic (exact) mass is 414 g/mol. The van der Waals surface area contributed by atoms with Gasteiger partial charge in [0.2, 0.25) is 5.91 Å². The maximum Gasteiger partial charge on any atom is 0.244 e. The molecule has 5 nitrogen and oxygen atoms in total. The fraction of sp³-hybridized carbons (Fsp3) is 0.269. The molecule has 0 saturated carbocycles. The van der Waals surface area contributed by atoms with Gasteiger partial charge in [-0.25, -0.2) is 0 Å². The van der Waals surface area contributed by atoms with Crippen molar-refractivity contribution in [2.45, 2.75) is 31.7 Å². The Bertz CT molecular complexity index is 1050. The second-order valence-corrected chi connectivity index (χ2v) is 8.15. The average molecular weight is 415 g/mol. The number of ether oxygens (including phenoxy) is 2. The summed E-state index contributed by atoms with van der Waals surface area (Å²) in [6, 6.07) is 25.8. The van der Waals surface area contributed by atoms with Crippen molar-refractivity contribution < 1.29 is 14.3 Å². The third kappa shape index (κ3) is 4.01. The van der Waals surface area contributed by atoms with Gasteiger partial charge >= 0.3 is 0 Å². The molecule has 1 saturated heterocycles. The molecule has 31 heavy (non-hydrogen) atoms. The van der Waals surface area contributed by atoms with Gasteiger partial charge in [0.15, 0.2) is 0 Å². The third-order valence-corrected chi connectivity index (χ3v) is 6.09. The molecular weight excluding hydrogens is 388 g/mol. The number of likely N-dealkylation sites (tertiary alicyclic amines) is 1. The molecule has 158 valence electrons. The van der Waals surface area contributed by atoms with Crippen molar-refractivity contribution in [1.82, 2.24) is 4.90 Å². The van der Waals surface area contributed by atoms with Crippen LogP contribution >= 0.6 is 0 Å². The number of fused-ring (bicyclic) bond motifs is 3. The predicted octanol–water partition coefficient (Wildman–Crippen LogP) is 4.26. The molecule has 0 radical (unpaired) electrons. The summed E-state index contributed by atoms with van der Waals surface area (Å²) in [4.78, 5) is 18.0. The number of rotatable bonds is 5. The van der Waals surface area contributed by atoms with Crippen LogP contribution in [0.15, 0.2) is 78.9 Å². The number of anilines is 1. The van der Waals surface area contributed by atoms with Crippen LogP contribution in [0.25, 0.3) is 0 Å². The molecule has 0 unspecified atom stereocenters. The minimum atomic E-state index is -0.204. The molecule has 2 atom stereocenters. The Kier molecular flexibility index (Phi) is 5.35. The van der Waals surface area contributed by atoms with E-state index in [1.807, 2.05) is 59.5 Å². The van der Waals surface area contributed by atoms with E-state index in [-0.39, 0.29) is 18.1 Å². The van der Waals surface area contributed by atoms with Gasteiger partial charge in [-0.2, -0.15) is 0 Å². The number of carbonyl (C=O) groups is 1. The average Bonchev–Trinajstić information content (AvgIpc) is 3.21. The van der Waals surface area contributed by atoms with Crippen LogP contribution in [0.3, 0.4) is 0 Å². The first-order valence-corrected chi connectivity index (χ1v) is 10.7. The molecule has 2 aliphatic rings. The van der Waals surface area contributed by atoms with E-state index >= 15 is 0 Å². The highest BCUT2D eigenvalue weighted by atomic mass is 16.5. The van der Waals surface area contributed by atoms with Gasteiger partial charge in [-0.3, -0.25) is 9.69 Å². The van der Waals surface area contributed by atoms with Crippen molar-refractivity contribution in [2.75, 3.05) is 18.6 Å². The van der Waals surface area contributed by atoms with Crippen molar-refractivity contribution in [3.05, 3.63) is 90.0 Å². The molecule has 1 amide bonds. The zero-order valence-electron chi connectivity index (χ0n) is 17.6. The van der Waals surface area contributed by atoms with Gasteiger partial charge in [0.25, 0.3) is 0 Å². The van der Waals surface area contributed by atoms with Crippen molar-refractivity contribution in [3.63, 3.8) is 0 Å². The van der Waals surface area contributed by atoms with Gasteiger partial charge in [0.1, 0.15) is 17.6 Å². The molecule has 2 aliphatic heterocycles. The SMILES string of the molecule is COc1ccc(CN2C[C@@H]3C[C@H]2C(=O)N(Cc2ccccc2)c2ccccc2O3)cc1. The maximum atomic E-state index is 13.8. The predicted molar refractivity (Wildman–Crippen MR) is 120 cm³/mol. The quantitative estimate of drug-likeness (QED) is 0.626. The summed E-state index contributed by atoms with van der Waals surface area (Å²) < 4.78 is 11.7. The molecule has 0 spiro atoms. The molecule has 0 aromatic heterocycles. The molecule has 3 aromatic rings. The topological polar surface area (TPSA) is 42.0 Å². The fourth-order valence-electron chi connectivity index (χ4n) is 4.53. The van der Waals surface area contributed by atoms with Gasteiger partial charge in [-0.1, -0.05) is 54.6 Å². The Hall–Kier alpha value is -3.31. The van der Waals surface area contributed by atoms with E-state index in [2.05, 4.69) is 29.2 Å². The van der Waals surface area contributed by atoms with Gasteiger partial charge in [0, 0.05) is 19.5 Å². The lowest BCUT2D eigenvalue weighted by Crippen LogP contribution is -2.45. The molecular formula is C26H26N2O3. The number of carbonyl (C=O) groups excluding carboxylic acids is 1. The highest BCUT2D eigenvalue weighted by Gasteiger charge is 2.42. The molecule has 0 N–H and O–H groups in total. The Morgan fingerprint density at radius 3 is 2.39 bits per heavy atom. The molecule has 5 heteroatoms. The number of nitrogens with zero attached hydrogens (tertiary/aromatic N) is 2. The number of hydrogen-bond donors (Lipinski definition) is 0. The van der Waals surface area contributed by atoms with E-state index in [1.54, 1.807) is 7.11 Å². The van der Waals surface area contributed by atoms with E-state index in [1.165, 1.54) is 0 Å². The molecule has 2 bridgehead atoms. The van der Waals surface area contributed by atoms with Gasteiger partial charge in [-0.05, 0) is 35.4 Å². The molecule has 1 fully saturated rings. The minimum Gasteiger partial charge on any atom is -0.497 e. The lowest BCUT2D eigenvalue weighted by Gasteiger charge is -2.32. The summed E-state index contributed by atoms with van der Waals surface area (Å²) in [5.41, 5.74) is 3.10. The first-order valence-electron chi connectivity index (χ1n) is 10.7. The van der Waals surface area contributed by atoms with Crippen molar-refractivity contribution in [1.29, 1.82) is 0 Å². The summed E-state index contributed by atoms with van der Waals surface area (Å²) in [5, 5.41) is 0.